The highest BCUT2D eigenvalue weighted by atomic mass is 16.5. The molecule has 1 atom stereocenters. The Balaban J connectivity index is 2.15. The van der Waals surface area contributed by atoms with Crippen LogP contribution in [0.4, 0.5) is 0 Å². The van der Waals surface area contributed by atoms with Crippen LogP contribution in [0.3, 0.4) is 0 Å². The highest BCUT2D eigenvalue weighted by Gasteiger charge is 2.27. The van der Waals surface area contributed by atoms with Gasteiger partial charge in [-0.2, -0.15) is 0 Å². The van der Waals surface area contributed by atoms with E-state index in [1.54, 1.807) is 0 Å². The second-order valence-electron chi connectivity index (χ2n) is 6.24. The Kier molecular flexibility index (Phi) is 4.65. The summed E-state index contributed by atoms with van der Waals surface area (Å²) in [5.74, 6) is -0.847. The summed E-state index contributed by atoms with van der Waals surface area (Å²) in [6, 6.07) is 14.3. The van der Waals surface area contributed by atoms with Crippen LogP contribution in [0.5, 0.6) is 0 Å². The lowest BCUT2D eigenvalue weighted by Crippen LogP contribution is -2.45. The highest BCUT2D eigenvalue weighted by molar-refractivity contribution is 6.16. The molecule has 0 bridgehead atoms. The van der Waals surface area contributed by atoms with Gasteiger partial charge < -0.3 is 10.1 Å². The minimum atomic E-state index is -0.705. The lowest BCUT2D eigenvalue weighted by atomic mass is 10.00. The van der Waals surface area contributed by atoms with Crippen LogP contribution in [-0.4, -0.2) is 30.0 Å². The molecule has 5 nitrogen and oxygen atoms in total. The number of nitrogens with one attached hydrogen (secondary N) is 1. The fourth-order valence-electron chi connectivity index (χ4n) is 2.92. The number of hydrogen-bond acceptors (Lipinski definition) is 4. The highest BCUT2D eigenvalue weighted by Crippen LogP contribution is 2.26. The molecule has 25 heavy (non-hydrogen) atoms. The number of pyridine rings is 1. The topological polar surface area (TPSA) is 68.3 Å². The molecule has 0 aliphatic heterocycles. The van der Waals surface area contributed by atoms with Crippen molar-refractivity contribution in [2.24, 2.45) is 5.92 Å². The van der Waals surface area contributed by atoms with Crippen molar-refractivity contribution in [1.29, 1.82) is 0 Å². The lowest BCUT2D eigenvalue weighted by molar-refractivity contribution is -0.144. The van der Waals surface area contributed by atoms with Crippen LogP contribution in [0, 0.1) is 5.92 Å². The summed E-state index contributed by atoms with van der Waals surface area (Å²) in [6.45, 7) is 3.73. The third-order valence-corrected chi connectivity index (χ3v) is 4.22. The van der Waals surface area contributed by atoms with E-state index < -0.39 is 12.0 Å². The van der Waals surface area contributed by atoms with Gasteiger partial charge in [0.2, 0.25) is 0 Å². The number of amides is 1. The number of carbonyl (C=O) groups excluding carboxylic acids is 2. The Morgan fingerprint density at radius 3 is 1.96 bits per heavy atom. The number of rotatable bonds is 4. The second kappa shape index (κ2) is 6.89. The summed E-state index contributed by atoms with van der Waals surface area (Å²) in [5.41, 5.74) is 2.01. The minimum Gasteiger partial charge on any atom is -0.467 e. The van der Waals surface area contributed by atoms with Crippen LogP contribution in [-0.2, 0) is 9.53 Å². The largest absolute Gasteiger partial charge is 0.467 e. The van der Waals surface area contributed by atoms with Gasteiger partial charge in [-0.05, 0) is 18.1 Å². The van der Waals surface area contributed by atoms with E-state index in [1.165, 1.54) is 7.11 Å². The monoisotopic (exact) mass is 336 g/mol. The van der Waals surface area contributed by atoms with Crippen LogP contribution >= 0.6 is 0 Å². The molecule has 1 amide bonds. The van der Waals surface area contributed by atoms with Gasteiger partial charge in [-0.25, -0.2) is 9.78 Å². The molecule has 0 unspecified atom stereocenters. The molecular formula is C20H20N2O3. The number of para-hydroxylation sites is 2. The number of fused-ring (bicyclic) bond motifs is 2. The molecule has 0 fully saturated rings. The maximum Gasteiger partial charge on any atom is 0.328 e. The Hall–Kier alpha value is -2.95. The predicted molar refractivity (Wildman–Crippen MR) is 97.4 cm³/mol. The summed E-state index contributed by atoms with van der Waals surface area (Å²) >= 11 is 0. The molecule has 3 rings (SSSR count). The number of esters is 1. The Bertz CT molecular complexity index is 896. The summed E-state index contributed by atoms with van der Waals surface area (Å²) in [6.07, 6.45) is 0. The fraction of sp³-hybridized carbons (Fsp3) is 0.250. The summed E-state index contributed by atoms with van der Waals surface area (Å²) < 4.78 is 4.82. The number of aromatic nitrogens is 1. The molecule has 2 aromatic carbocycles. The number of ether oxygens (including phenoxy) is 1. The van der Waals surface area contributed by atoms with E-state index in [9.17, 15) is 9.59 Å². The summed E-state index contributed by atoms with van der Waals surface area (Å²) in [7, 11) is 1.32. The molecule has 128 valence electrons. The number of methoxy groups -OCH3 is 1. The van der Waals surface area contributed by atoms with Crippen molar-refractivity contribution < 1.29 is 14.3 Å². The second-order valence-corrected chi connectivity index (χ2v) is 6.24. The maximum atomic E-state index is 13.1. The van der Waals surface area contributed by atoms with Crippen molar-refractivity contribution in [2.75, 3.05) is 7.11 Å². The summed E-state index contributed by atoms with van der Waals surface area (Å²) in [4.78, 5) is 29.7. The van der Waals surface area contributed by atoms with E-state index in [1.807, 2.05) is 62.4 Å². The van der Waals surface area contributed by atoms with Crippen molar-refractivity contribution in [2.45, 2.75) is 19.9 Å². The first-order valence-corrected chi connectivity index (χ1v) is 8.19. The molecule has 0 saturated heterocycles. The zero-order chi connectivity index (χ0) is 18.0. The van der Waals surface area contributed by atoms with E-state index in [2.05, 4.69) is 10.3 Å². The molecule has 0 saturated carbocycles. The maximum absolute atomic E-state index is 13.1. The molecule has 1 aromatic heterocycles. The molecule has 1 heterocycles. The van der Waals surface area contributed by atoms with Gasteiger partial charge in [0.15, 0.2) is 0 Å². The number of benzene rings is 2. The number of carbonyl (C=O) groups is 2. The van der Waals surface area contributed by atoms with Gasteiger partial charge in [-0.1, -0.05) is 50.2 Å². The standard InChI is InChI=1S/C20H20N2O3/c1-12(2)18(20(24)25-3)22-19(23)17-13-8-4-6-10-15(13)21-16-11-7-5-9-14(16)17/h4-12,18H,1-3H3,(H,22,23)/t18-/m0/s1. The van der Waals surface area contributed by atoms with Crippen molar-refractivity contribution >= 4 is 33.7 Å². The quantitative estimate of drug-likeness (QED) is 0.586. The first kappa shape index (κ1) is 16.9. The van der Waals surface area contributed by atoms with E-state index in [0.717, 1.165) is 21.8 Å². The van der Waals surface area contributed by atoms with Crippen molar-refractivity contribution in [1.82, 2.24) is 10.3 Å². The van der Waals surface area contributed by atoms with Crippen molar-refractivity contribution in [3.05, 3.63) is 54.1 Å². The van der Waals surface area contributed by atoms with Crippen LogP contribution in [0.25, 0.3) is 21.8 Å². The van der Waals surface area contributed by atoms with Crippen molar-refractivity contribution in [3.63, 3.8) is 0 Å². The zero-order valence-electron chi connectivity index (χ0n) is 14.4. The molecular weight excluding hydrogens is 316 g/mol. The number of nitrogens with zero attached hydrogens (tertiary/aromatic N) is 1. The van der Waals surface area contributed by atoms with E-state index in [0.29, 0.717) is 5.56 Å². The molecule has 5 heteroatoms. The van der Waals surface area contributed by atoms with Gasteiger partial charge in [0.05, 0.1) is 23.7 Å². The Labute approximate surface area is 146 Å². The molecule has 0 spiro atoms. The van der Waals surface area contributed by atoms with Crippen LogP contribution in [0.1, 0.15) is 24.2 Å². The smallest absolute Gasteiger partial charge is 0.328 e. The fourth-order valence-corrected chi connectivity index (χ4v) is 2.92. The van der Waals surface area contributed by atoms with Crippen LogP contribution < -0.4 is 5.32 Å². The third-order valence-electron chi connectivity index (χ3n) is 4.22. The lowest BCUT2D eigenvalue weighted by Gasteiger charge is -2.20. The Morgan fingerprint density at radius 2 is 1.48 bits per heavy atom. The molecule has 0 aliphatic rings. The van der Waals surface area contributed by atoms with Gasteiger partial charge in [-0.3, -0.25) is 4.79 Å². The normalized spacial score (nSPS) is 12.3. The molecule has 1 N–H and O–H groups in total. The van der Waals surface area contributed by atoms with Gasteiger partial charge in [-0.15, -0.1) is 0 Å². The van der Waals surface area contributed by atoms with Crippen LogP contribution in [0.2, 0.25) is 0 Å². The van der Waals surface area contributed by atoms with E-state index >= 15 is 0 Å². The predicted octanol–water partition coefficient (Wildman–Crippen LogP) is 3.32. The average Bonchev–Trinajstić information content (AvgIpc) is 2.62. The Morgan fingerprint density at radius 1 is 0.960 bits per heavy atom. The van der Waals surface area contributed by atoms with Gasteiger partial charge >= 0.3 is 5.97 Å². The average molecular weight is 336 g/mol. The van der Waals surface area contributed by atoms with E-state index in [4.69, 9.17) is 4.74 Å². The number of hydrogen-bond donors (Lipinski definition) is 1. The van der Waals surface area contributed by atoms with Gasteiger partial charge in [0, 0.05) is 10.8 Å². The molecule has 3 aromatic rings. The van der Waals surface area contributed by atoms with Gasteiger partial charge in [0.1, 0.15) is 6.04 Å². The van der Waals surface area contributed by atoms with E-state index in [-0.39, 0.29) is 11.8 Å². The first-order chi connectivity index (χ1) is 12.0. The minimum absolute atomic E-state index is 0.0873. The summed E-state index contributed by atoms with van der Waals surface area (Å²) in [5, 5.41) is 4.34. The SMILES string of the molecule is COC(=O)[C@@H](NC(=O)c1c2ccccc2nc2ccccc12)C(C)C. The third kappa shape index (κ3) is 3.18. The van der Waals surface area contributed by atoms with Crippen LogP contribution in [0.15, 0.2) is 48.5 Å². The van der Waals surface area contributed by atoms with Crippen molar-refractivity contribution in [3.8, 4) is 0 Å². The zero-order valence-corrected chi connectivity index (χ0v) is 14.4. The molecule has 0 radical (unpaired) electrons. The van der Waals surface area contributed by atoms with Gasteiger partial charge in [0.25, 0.3) is 5.91 Å². The first-order valence-electron chi connectivity index (χ1n) is 8.19. The molecule has 0 aliphatic carbocycles.